The fraction of sp³-hybridized carbons (Fsp3) is 0.724. The number of fused-ring (bicyclic) bond motifs is 1. The molecule has 3 aromatic rings. The molecular weight excluding hydrogens is 1400 g/mol. The first-order chi connectivity index (χ1) is 50.0. The highest BCUT2D eigenvalue weighted by atomic mass is 35.6. The molecule has 0 bridgehead atoms. The van der Waals surface area contributed by atoms with Crippen LogP contribution in [0.15, 0.2) is 91.0 Å². The van der Waals surface area contributed by atoms with Crippen LogP contribution < -0.4 is 5.32 Å². The van der Waals surface area contributed by atoms with Crippen LogP contribution in [-0.2, 0) is 90.0 Å². The van der Waals surface area contributed by atoms with E-state index in [1.54, 1.807) is 60.7 Å². The van der Waals surface area contributed by atoms with Gasteiger partial charge in [0.25, 0.3) is 0 Å². The number of esters is 2. The lowest BCUT2D eigenvalue weighted by atomic mass is 9.93. The fourth-order valence-electron chi connectivity index (χ4n) is 12.6. The minimum atomic E-state index is -2.12. The summed E-state index contributed by atoms with van der Waals surface area (Å²) in [6.07, 6.45) is -15.1. The molecule has 5 fully saturated rings. The second-order valence-corrected chi connectivity index (χ2v) is 29.0. The van der Waals surface area contributed by atoms with Crippen LogP contribution in [0.25, 0.3) is 0 Å². The summed E-state index contributed by atoms with van der Waals surface area (Å²) in [6.45, 7) is 17.0. The van der Waals surface area contributed by atoms with Crippen molar-refractivity contribution in [1.82, 2.24) is 5.32 Å². The third-order valence-electron chi connectivity index (χ3n) is 18.3. The lowest BCUT2D eigenvalue weighted by Gasteiger charge is -2.53. The normalized spacial score (nSPS) is 31.0. The molecule has 0 spiro atoms. The molecular formula is C76H112Cl3NO23. The lowest BCUT2D eigenvalue weighted by molar-refractivity contribution is -0.400. The number of carbonyl (C=O) groups excluding carboxylic acids is 3. The first-order valence-corrected chi connectivity index (χ1v) is 38.5. The van der Waals surface area contributed by atoms with E-state index < -0.39 is 164 Å². The summed E-state index contributed by atoms with van der Waals surface area (Å²) in [4.78, 5) is 44.4. The molecule has 5 aliphatic rings. The van der Waals surface area contributed by atoms with Crippen molar-refractivity contribution in [3.63, 3.8) is 0 Å². The number of rotatable bonds is 43. The van der Waals surface area contributed by atoms with Crippen LogP contribution in [0.1, 0.15) is 178 Å². The standard InChI is InChI=1S/C76H112Cl3NO23/c1-9-16-38-85-45-53-58(87-40-18-11-3)63(89-42-20-13-5)67(103-73-66(91-44-22-15-7)62(88-41-19-12-4)57(49(8)95-73)86-39-17-10-2)74(98-53)101-61-56(80-75(84)94-48-76(77,78)79)72(97-55(46-92-68(81)50-32-26-23-27-33-50)59(61)99-69(82)51-34-28-24-29-35-51)102-64-60-54(96-70(83)65(64)90-43-21-14-6)47-93-71(100-60)52-36-30-25-31-37-52/h23-37,49,53-67,70-74,83H,9-22,38-48H2,1-8H3,(H,80,84)/t49?,53?,54?,55?,56?,57-,58+,59+,60+,61-,62?,63+,64+,65?,66+,67?,70+,71?,72+,73+,74+/m1/s1. The van der Waals surface area contributed by atoms with Crippen LogP contribution in [-0.4, -0.2) is 222 Å². The number of benzene rings is 3. The number of nitrogens with one attached hydrogen (secondary N) is 1. The van der Waals surface area contributed by atoms with Crippen LogP contribution >= 0.6 is 34.8 Å². The Bertz CT molecular complexity index is 2840. The summed E-state index contributed by atoms with van der Waals surface area (Å²) >= 11 is 18.9. The van der Waals surface area contributed by atoms with Gasteiger partial charge in [-0.2, -0.15) is 0 Å². The molecule has 5 heterocycles. The second-order valence-electron chi connectivity index (χ2n) is 26.5. The van der Waals surface area contributed by atoms with Gasteiger partial charge in [-0.15, -0.1) is 0 Å². The Morgan fingerprint density at radius 3 is 1.51 bits per heavy atom. The van der Waals surface area contributed by atoms with E-state index in [1.807, 2.05) is 44.2 Å². The summed E-state index contributed by atoms with van der Waals surface area (Å²) in [7, 11) is 0. The number of alkyl halides is 3. The summed E-state index contributed by atoms with van der Waals surface area (Å²) in [6, 6.07) is 23.9. The molecule has 2 N–H and O–H groups in total. The maximum Gasteiger partial charge on any atom is 0.407 e. The van der Waals surface area contributed by atoms with Gasteiger partial charge in [-0.05, 0) is 76.1 Å². The van der Waals surface area contributed by atoms with E-state index in [4.69, 9.17) is 125 Å². The van der Waals surface area contributed by atoms with Crippen molar-refractivity contribution in [2.45, 2.75) is 278 Å². The Morgan fingerprint density at radius 1 is 0.476 bits per heavy atom. The highest BCUT2D eigenvalue weighted by Crippen LogP contribution is 2.42. The van der Waals surface area contributed by atoms with Gasteiger partial charge in [-0.1, -0.05) is 195 Å². The lowest BCUT2D eigenvalue weighted by Crippen LogP contribution is -2.71. The molecule has 103 heavy (non-hydrogen) atoms. The number of carbonyl (C=O) groups is 3. The highest BCUT2D eigenvalue weighted by Gasteiger charge is 2.60. The van der Waals surface area contributed by atoms with Crippen molar-refractivity contribution >= 4 is 52.8 Å². The predicted molar refractivity (Wildman–Crippen MR) is 382 cm³/mol. The molecule has 24 nitrogen and oxygen atoms in total. The number of hydrogen-bond acceptors (Lipinski definition) is 23. The zero-order chi connectivity index (χ0) is 73.5. The van der Waals surface area contributed by atoms with Gasteiger partial charge in [-0.25, -0.2) is 14.4 Å². The maximum absolute atomic E-state index is 15.2. The Kier molecular flexibility index (Phi) is 37.1. The van der Waals surface area contributed by atoms with Gasteiger partial charge in [0.1, 0.15) is 98.6 Å². The van der Waals surface area contributed by atoms with Crippen molar-refractivity contribution in [2.75, 3.05) is 72.7 Å². The first kappa shape index (κ1) is 84.7. The van der Waals surface area contributed by atoms with Crippen LogP contribution in [0.3, 0.4) is 0 Å². The Labute approximate surface area is 623 Å². The predicted octanol–water partition coefficient (Wildman–Crippen LogP) is 12.6. The Morgan fingerprint density at radius 2 is 0.942 bits per heavy atom. The Hall–Kier alpha value is -3.94. The number of alkyl carbamates (subject to hydrolysis) is 1. The molecule has 0 aliphatic carbocycles. The number of amides is 1. The monoisotopic (exact) mass is 1510 g/mol. The number of halogens is 3. The molecule has 0 radical (unpaired) electrons. The quantitative estimate of drug-likeness (QED) is 0.0231. The van der Waals surface area contributed by atoms with Crippen molar-refractivity contribution in [2.24, 2.45) is 0 Å². The number of ether oxygens (including phenoxy) is 19. The van der Waals surface area contributed by atoms with E-state index >= 15 is 4.79 Å². The molecule has 1 amide bonds. The molecule has 27 heteroatoms. The topological polar surface area (TPSA) is 259 Å². The van der Waals surface area contributed by atoms with Gasteiger partial charge < -0.3 is 100 Å². The molecule has 0 aromatic heterocycles. The molecule has 3 aromatic carbocycles. The zero-order valence-electron chi connectivity index (χ0n) is 61.0. The molecule has 5 aliphatic heterocycles. The third-order valence-corrected chi connectivity index (χ3v) is 18.6. The van der Waals surface area contributed by atoms with E-state index in [1.165, 1.54) is 0 Å². The Balaban J connectivity index is 1.36. The average Bonchev–Trinajstić information content (AvgIpc) is 0.736. The maximum atomic E-state index is 15.2. The summed E-state index contributed by atoms with van der Waals surface area (Å²) in [5.74, 6) is -1.65. The van der Waals surface area contributed by atoms with Gasteiger partial charge in [-0.3, -0.25) is 0 Å². The van der Waals surface area contributed by atoms with Crippen LogP contribution in [0, 0.1) is 0 Å². The van der Waals surface area contributed by atoms with Crippen LogP contribution in [0.5, 0.6) is 0 Å². The van der Waals surface area contributed by atoms with E-state index in [9.17, 15) is 14.7 Å². The third kappa shape index (κ3) is 25.6. The molecule has 5 saturated heterocycles. The minimum absolute atomic E-state index is 0.0301. The first-order valence-electron chi connectivity index (χ1n) is 37.4. The van der Waals surface area contributed by atoms with Crippen molar-refractivity contribution in [3.05, 3.63) is 108 Å². The molecule has 0 saturated carbocycles. The zero-order valence-corrected chi connectivity index (χ0v) is 63.3. The van der Waals surface area contributed by atoms with Gasteiger partial charge in [0, 0.05) is 51.8 Å². The number of aliphatic hydroxyl groups is 1. The second kappa shape index (κ2) is 45.1. The fourth-order valence-corrected chi connectivity index (χ4v) is 12.8. The van der Waals surface area contributed by atoms with Crippen molar-refractivity contribution < 1.29 is 109 Å². The van der Waals surface area contributed by atoms with Crippen LogP contribution in [0.4, 0.5) is 4.79 Å². The smallest absolute Gasteiger partial charge is 0.407 e. The minimum Gasteiger partial charge on any atom is -0.459 e. The van der Waals surface area contributed by atoms with Crippen molar-refractivity contribution in [3.8, 4) is 0 Å². The van der Waals surface area contributed by atoms with Gasteiger partial charge in [0.15, 0.2) is 37.6 Å². The average molecular weight is 1510 g/mol. The van der Waals surface area contributed by atoms with E-state index in [-0.39, 0.29) is 37.6 Å². The number of aliphatic hydroxyl groups excluding tert-OH is 1. The highest BCUT2D eigenvalue weighted by molar-refractivity contribution is 6.67. The van der Waals surface area contributed by atoms with Gasteiger partial charge >= 0.3 is 18.0 Å². The molecule has 580 valence electrons. The van der Waals surface area contributed by atoms with E-state index in [0.29, 0.717) is 64.3 Å². The van der Waals surface area contributed by atoms with Gasteiger partial charge in [0.05, 0.1) is 30.4 Å². The largest absolute Gasteiger partial charge is 0.459 e. The number of unbranched alkanes of at least 4 members (excludes halogenated alkanes) is 7. The summed E-state index contributed by atoms with van der Waals surface area (Å²) in [5, 5.41) is 15.0. The SMILES string of the molecule is CCCCOCC1O[C@@H](O[C@@H]2C(NC(=O)OCC(Cl)(Cl)Cl)[C@H](O[C@@H]3C(OCCCC)[C@@H](O)OC4COC(c5ccccc5)O[C@@H]43)OC(COC(=O)c3ccccc3)[C@@H]2OC(=O)c2ccccc2)C(O[C@@H]2OC(C)[C@@H](OCCCC)C(OCCCC)[C@@H]2OCCCC)[C@@H](OCCCC)[C@H]1OCCCC. The van der Waals surface area contributed by atoms with Gasteiger partial charge in [0.2, 0.25) is 3.79 Å². The van der Waals surface area contributed by atoms with E-state index in [0.717, 1.165) is 64.2 Å². The summed E-state index contributed by atoms with van der Waals surface area (Å²) in [5.41, 5.74) is 0.954. The molecule has 8 rings (SSSR count). The van der Waals surface area contributed by atoms with Crippen LogP contribution in [0.2, 0.25) is 0 Å². The number of hydrogen-bond donors (Lipinski definition) is 2. The van der Waals surface area contributed by atoms with Crippen molar-refractivity contribution in [1.29, 1.82) is 0 Å². The molecule has 21 atom stereocenters. The van der Waals surface area contributed by atoms with E-state index in [2.05, 4.69) is 46.9 Å². The summed E-state index contributed by atoms with van der Waals surface area (Å²) < 4.78 is 128. The molecule has 9 unspecified atom stereocenters.